The fourth-order valence-electron chi connectivity index (χ4n) is 2.84. The predicted octanol–water partition coefficient (Wildman–Crippen LogP) is 3.35. The number of halogens is 1. The molecule has 0 aliphatic heterocycles. The van der Waals surface area contributed by atoms with Crippen LogP contribution < -0.4 is 10.6 Å². The Labute approximate surface area is 168 Å². The van der Waals surface area contributed by atoms with E-state index in [0.29, 0.717) is 36.0 Å². The van der Waals surface area contributed by atoms with Crippen LogP contribution in [-0.2, 0) is 6.42 Å². The molecule has 7 heteroatoms. The van der Waals surface area contributed by atoms with Crippen molar-refractivity contribution < 1.29 is 9.59 Å². The van der Waals surface area contributed by atoms with E-state index in [1.54, 1.807) is 22.7 Å². The molecule has 3 rings (SSSR count). The van der Waals surface area contributed by atoms with Crippen LogP contribution in [0.25, 0.3) is 5.52 Å². The molecule has 3 aromatic rings. The number of carbonyl (C=O) groups is 2. The van der Waals surface area contributed by atoms with Crippen molar-refractivity contribution in [1.29, 1.82) is 0 Å². The molecule has 0 radical (unpaired) electrons. The quantitative estimate of drug-likeness (QED) is 0.640. The minimum atomic E-state index is -0.311. The molecule has 0 atom stereocenters. The number of rotatable bonds is 7. The number of pyridine rings is 1. The van der Waals surface area contributed by atoms with E-state index >= 15 is 0 Å². The molecule has 0 aliphatic rings. The average Bonchev–Trinajstić information content (AvgIpc) is 3.06. The Balaban J connectivity index is 1.74. The van der Waals surface area contributed by atoms with Gasteiger partial charge in [0.25, 0.3) is 11.8 Å². The van der Waals surface area contributed by atoms with Crippen molar-refractivity contribution in [2.75, 3.05) is 13.1 Å². The highest BCUT2D eigenvalue weighted by Gasteiger charge is 2.21. The van der Waals surface area contributed by atoms with Crippen molar-refractivity contribution in [1.82, 2.24) is 20.0 Å². The van der Waals surface area contributed by atoms with E-state index in [4.69, 9.17) is 11.6 Å². The van der Waals surface area contributed by atoms with Gasteiger partial charge in [-0.15, -0.1) is 0 Å². The lowest BCUT2D eigenvalue weighted by atomic mass is 10.1. The third-order valence-corrected chi connectivity index (χ3v) is 4.46. The largest absolute Gasteiger partial charge is 0.350 e. The van der Waals surface area contributed by atoms with Gasteiger partial charge in [-0.3, -0.25) is 14.0 Å². The van der Waals surface area contributed by atoms with E-state index in [2.05, 4.69) is 15.6 Å². The maximum absolute atomic E-state index is 12.7. The second-order valence-electron chi connectivity index (χ2n) is 6.98. The predicted molar refractivity (Wildman–Crippen MR) is 110 cm³/mol. The first kappa shape index (κ1) is 19.9. The molecule has 0 saturated carbocycles. The van der Waals surface area contributed by atoms with Crippen LogP contribution in [0.5, 0.6) is 0 Å². The first-order valence-corrected chi connectivity index (χ1v) is 9.61. The van der Waals surface area contributed by atoms with Gasteiger partial charge in [0.2, 0.25) is 5.82 Å². The van der Waals surface area contributed by atoms with Gasteiger partial charge in [0.05, 0.1) is 5.52 Å². The van der Waals surface area contributed by atoms with Gasteiger partial charge in [0.15, 0.2) is 5.69 Å². The first-order valence-electron chi connectivity index (χ1n) is 9.23. The van der Waals surface area contributed by atoms with Crippen LogP contribution in [0.15, 0.2) is 48.7 Å². The molecule has 28 heavy (non-hydrogen) atoms. The van der Waals surface area contributed by atoms with E-state index in [9.17, 15) is 9.59 Å². The van der Waals surface area contributed by atoms with Gasteiger partial charge in [0, 0.05) is 24.3 Å². The van der Waals surface area contributed by atoms with Crippen LogP contribution in [0.1, 0.15) is 40.5 Å². The summed E-state index contributed by atoms with van der Waals surface area (Å²) < 4.78 is 1.64. The van der Waals surface area contributed by atoms with Gasteiger partial charge in [-0.1, -0.05) is 43.6 Å². The van der Waals surface area contributed by atoms with Crippen molar-refractivity contribution in [2.24, 2.45) is 5.92 Å². The lowest BCUT2D eigenvalue weighted by Crippen LogP contribution is -2.29. The Morgan fingerprint density at radius 1 is 1.11 bits per heavy atom. The smallest absolute Gasteiger partial charge is 0.287 e. The fraction of sp³-hybridized carbons (Fsp3) is 0.286. The van der Waals surface area contributed by atoms with Gasteiger partial charge in [-0.05, 0) is 42.2 Å². The highest BCUT2D eigenvalue weighted by molar-refractivity contribution is 6.30. The lowest BCUT2D eigenvalue weighted by molar-refractivity contribution is 0.0938. The van der Waals surface area contributed by atoms with Crippen LogP contribution in [-0.4, -0.2) is 34.3 Å². The van der Waals surface area contributed by atoms with Crippen molar-refractivity contribution >= 4 is 28.9 Å². The molecule has 146 valence electrons. The topological polar surface area (TPSA) is 75.5 Å². The summed E-state index contributed by atoms with van der Waals surface area (Å²) in [7, 11) is 0. The average molecular weight is 399 g/mol. The molecule has 2 aromatic heterocycles. The van der Waals surface area contributed by atoms with Crippen LogP contribution >= 0.6 is 11.6 Å². The summed E-state index contributed by atoms with van der Waals surface area (Å²) in [6.07, 6.45) is 2.38. The fourth-order valence-corrected chi connectivity index (χ4v) is 3.05. The summed E-state index contributed by atoms with van der Waals surface area (Å²) in [6, 6.07) is 12.9. The van der Waals surface area contributed by atoms with Crippen molar-refractivity contribution in [2.45, 2.75) is 20.3 Å². The maximum Gasteiger partial charge on any atom is 0.287 e. The zero-order valence-corrected chi connectivity index (χ0v) is 16.7. The molecule has 0 aliphatic carbocycles. The van der Waals surface area contributed by atoms with Crippen molar-refractivity contribution in [3.8, 4) is 0 Å². The number of hydrogen-bond donors (Lipinski definition) is 2. The molecule has 0 fully saturated rings. The number of benzene rings is 1. The second-order valence-corrected chi connectivity index (χ2v) is 7.42. The number of hydrogen-bond acceptors (Lipinski definition) is 3. The summed E-state index contributed by atoms with van der Waals surface area (Å²) in [4.78, 5) is 29.5. The molecule has 0 saturated heterocycles. The SMILES string of the molecule is CC(C)CNC(=O)c1nc(C(=O)NCCc2cccc(Cl)c2)c2ccccn12. The number of aromatic nitrogens is 2. The molecular formula is C21H23ClN4O2. The number of imidazole rings is 1. The molecule has 0 spiro atoms. The van der Waals surface area contributed by atoms with Gasteiger partial charge < -0.3 is 10.6 Å². The Kier molecular flexibility index (Phi) is 6.31. The second kappa shape index (κ2) is 8.89. The molecule has 0 bridgehead atoms. The highest BCUT2D eigenvalue weighted by Crippen LogP contribution is 2.14. The Hall–Kier alpha value is -2.86. The highest BCUT2D eigenvalue weighted by atomic mass is 35.5. The lowest BCUT2D eigenvalue weighted by Gasteiger charge is -2.06. The van der Waals surface area contributed by atoms with Gasteiger partial charge in [-0.25, -0.2) is 4.98 Å². The maximum atomic E-state index is 12.7. The summed E-state index contributed by atoms with van der Waals surface area (Å²) in [5.74, 6) is -0.0813. The van der Waals surface area contributed by atoms with Gasteiger partial charge >= 0.3 is 0 Å². The molecule has 2 N–H and O–H groups in total. The number of nitrogens with zero attached hydrogens (tertiary/aromatic N) is 2. The Morgan fingerprint density at radius 3 is 2.68 bits per heavy atom. The number of carbonyl (C=O) groups excluding carboxylic acids is 2. The van der Waals surface area contributed by atoms with E-state index in [1.165, 1.54) is 0 Å². The summed E-state index contributed by atoms with van der Waals surface area (Å²) >= 11 is 5.99. The minimum absolute atomic E-state index is 0.205. The van der Waals surface area contributed by atoms with E-state index < -0.39 is 0 Å². The third-order valence-electron chi connectivity index (χ3n) is 4.23. The van der Waals surface area contributed by atoms with Crippen molar-refractivity contribution in [3.05, 3.63) is 70.8 Å². The van der Waals surface area contributed by atoms with Crippen LogP contribution in [0.2, 0.25) is 5.02 Å². The summed E-state index contributed by atoms with van der Waals surface area (Å²) in [6.45, 7) is 5.02. The molecular weight excluding hydrogens is 376 g/mol. The number of amides is 2. The Bertz CT molecular complexity index is 997. The van der Waals surface area contributed by atoms with Crippen LogP contribution in [0.3, 0.4) is 0 Å². The van der Waals surface area contributed by atoms with E-state index in [0.717, 1.165) is 5.56 Å². The zero-order valence-electron chi connectivity index (χ0n) is 15.9. The zero-order chi connectivity index (χ0) is 20.1. The van der Waals surface area contributed by atoms with E-state index in [1.807, 2.05) is 44.2 Å². The normalized spacial score (nSPS) is 11.0. The van der Waals surface area contributed by atoms with E-state index in [-0.39, 0.29) is 23.3 Å². The molecule has 1 aromatic carbocycles. The molecule has 6 nitrogen and oxygen atoms in total. The van der Waals surface area contributed by atoms with Crippen molar-refractivity contribution in [3.63, 3.8) is 0 Å². The standard InChI is InChI=1S/C21H23ClN4O2/c1-14(2)13-24-21(28)19-25-18(17-8-3-4-11-26(17)19)20(27)23-10-9-15-6-5-7-16(22)12-15/h3-8,11-12,14H,9-10,13H2,1-2H3,(H,23,27)(H,24,28). The van der Waals surface area contributed by atoms with Crippen LogP contribution in [0, 0.1) is 5.92 Å². The minimum Gasteiger partial charge on any atom is -0.350 e. The Morgan fingerprint density at radius 2 is 1.93 bits per heavy atom. The molecule has 2 amide bonds. The molecule has 0 unspecified atom stereocenters. The monoisotopic (exact) mass is 398 g/mol. The number of fused-ring (bicyclic) bond motifs is 1. The van der Waals surface area contributed by atoms with Gasteiger partial charge in [-0.2, -0.15) is 0 Å². The first-order chi connectivity index (χ1) is 13.5. The molecule has 2 heterocycles. The van der Waals surface area contributed by atoms with Crippen LogP contribution in [0.4, 0.5) is 0 Å². The third kappa shape index (κ3) is 4.70. The van der Waals surface area contributed by atoms with Gasteiger partial charge in [0.1, 0.15) is 0 Å². The summed E-state index contributed by atoms with van der Waals surface area (Å²) in [5, 5.41) is 6.39. The number of nitrogens with one attached hydrogen (secondary N) is 2. The summed E-state index contributed by atoms with van der Waals surface area (Å²) in [5.41, 5.74) is 1.87.